The third-order valence-electron chi connectivity index (χ3n) is 4.21. The number of hydrogen-bond donors (Lipinski definition) is 1. The molecular weight excluding hydrogens is 314 g/mol. The molecule has 124 valence electrons. The molecule has 23 heavy (non-hydrogen) atoms. The summed E-state index contributed by atoms with van der Waals surface area (Å²) in [5.41, 5.74) is 0. The van der Waals surface area contributed by atoms with Gasteiger partial charge < -0.3 is 15.2 Å². The van der Waals surface area contributed by atoms with Crippen molar-refractivity contribution >= 4 is 17.7 Å². The van der Waals surface area contributed by atoms with Gasteiger partial charge in [0, 0.05) is 12.1 Å². The lowest BCUT2D eigenvalue weighted by Crippen LogP contribution is -2.48. The summed E-state index contributed by atoms with van der Waals surface area (Å²) < 4.78 is 6.64. The molecule has 0 bridgehead atoms. The Morgan fingerprint density at radius 2 is 2.13 bits per heavy atom. The minimum absolute atomic E-state index is 0.122. The van der Waals surface area contributed by atoms with Crippen LogP contribution in [0.5, 0.6) is 0 Å². The lowest BCUT2D eigenvalue weighted by atomic mass is 9.98. The minimum Gasteiger partial charge on any atom is -0.461 e. The van der Waals surface area contributed by atoms with Crippen molar-refractivity contribution in [1.82, 2.24) is 19.8 Å². The van der Waals surface area contributed by atoms with Crippen molar-refractivity contribution in [3.05, 3.63) is 18.4 Å². The number of amides is 1. The average Bonchev–Trinajstić information content (AvgIpc) is 3.14. The molecule has 1 aliphatic rings. The largest absolute Gasteiger partial charge is 0.461 e. The quantitative estimate of drug-likeness (QED) is 0.680. The summed E-state index contributed by atoms with van der Waals surface area (Å²) in [6.45, 7) is 4.22. The Hall–Kier alpha value is -1.96. The Morgan fingerprint density at radius 1 is 1.39 bits per heavy atom. The van der Waals surface area contributed by atoms with E-state index in [1.807, 2.05) is 4.90 Å². The van der Waals surface area contributed by atoms with E-state index in [1.165, 1.54) is 22.9 Å². The Balaban J connectivity index is 1.65. The zero-order chi connectivity index (χ0) is 16.4. The second-order valence-corrected chi connectivity index (χ2v) is 6.81. The molecule has 0 aliphatic carbocycles. The average molecular weight is 335 g/mol. The van der Waals surface area contributed by atoms with Crippen molar-refractivity contribution in [1.29, 1.82) is 0 Å². The van der Waals surface area contributed by atoms with Crippen molar-refractivity contribution in [2.24, 2.45) is 0 Å². The first kappa shape index (κ1) is 15.9. The van der Waals surface area contributed by atoms with Gasteiger partial charge in [0.15, 0.2) is 5.76 Å². The molecule has 0 aromatic carbocycles. The van der Waals surface area contributed by atoms with Crippen molar-refractivity contribution in [2.75, 3.05) is 11.6 Å². The first-order valence-electron chi connectivity index (χ1n) is 7.76. The molecule has 2 aromatic heterocycles. The van der Waals surface area contributed by atoms with Gasteiger partial charge in [0.25, 0.3) is 0 Å². The third kappa shape index (κ3) is 3.21. The Kier molecular flexibility index (Phi) is 4.61. The number of carbonyl (C=O) groups excluding carboxylic acids is 1. The predicted molar refractivity (Wildman–Crippen MR) is 88.2 cm³/mol. The van der Waals surface area contributed by atoms with Gasteiger partial charge in [-0.3, -0.25) is 4.79 Å². The highest BCUT2D eigenvalue weighted by Crippen LogP contribution is 2.26. The Labute approximate surface area is 139 Å². The summed E-state index contributed by atoms with van der Waals surface area (Å²) >= 11 is 1.30. The van der Waals surface area contributed by atoms with E-state index in [9.17, 15) is 4.79 Å². The number of likely N-dealkylation sites (tertiary alicyclic amines) is 1. The lowest BCUT2D eigenvalue weighted by Gasteiger charge is -2.39. The van der Waals surface area contributed by atoms with Gasteiger partial charge in [-0.05, 0) is 45.2 Å². The van der Waals surface area contributed by atoms with Crippen LogP contribution in [0.4, 0.5) is 0 Å². The van der Waals surface area contributed by atoms with Crippen LogP contribution < -0.4 is 5.84 Å². The number of aromatic nitrogens is 3. The summed E-state index contributed by atoms with van der Waals surface area (Å²) in [6, 6.07) is 4.12. The van der Waals surface area contributed by atoms with E-state index in [-0.39, 0.29) is 5.91 Å². The van der Waals surface area contributed by atoms with Gasteiger partial charge in [0.05, 0.1) is 12.0 Å². The molecule has 0 unspecified atom stereocenters. The normalized spacial score (nSPS) is 21.6. The van der Waals surface area contributed by atoms with Crippen LogP contribution in [0.1, 0.15) is 33.1 Å². The molecule has 7 nitrogen and oxygen atoms in total. The zero-order valence-electron chi connectivity index (χ0n) is 13.3. The van der Waals surface area contributed by atoms with Crippen LogP contribution in [-0.2, 0) is 4.79 Å². The molecule has 1 amide bonds. The number of piperidine rings is 1. The third-order valence-corrected chi connectivity index (χ3v) is 5.14. The lowest BCUT2D eigenvalue weighted by molar-refractivity contribution is -0.134. The fourth-order valence-electron chi connectivity index (χ4n) is 3.06. The van der Waals surface area contributed by atoms with Crippen LogP contribution >= 0.6 is 11.8 Å². The van der Waals surface area contributed by atoms with Crippen LogP contribution in [0.2, 0.25) is 0 Å². The zero-order valence-corrected chi connectivity index (χ0v) is 14.1. The van der Waals surface area contributed by atoms with E-state index < -0.39 is 0 Å². The number of nitrogens with zero attached hydrogens (tertiary/aromatic N) is 4. The van der Waals surface area contributed by atoms with Gasteiger partial charge in [-0.15, -0.1) is 10.2 Å². The smallest absolute Gasteiger partial charge is 0.233 e. The topological polar surface area (TPSA) is 90.2 Å². The van der Waals surface area contributed by atoms with E-state index in [0.717, 1.165) is 12.8 Å². The van der Waals surface area contributed by atoms with Crippen molar-refractivity contribution in [3.63, 3.8) is 0 Å². The van der Waals surface area contributed by atoms with Crippen LogP contribution in [0.25, 0.3) is 11.6 Å². The first-order chi connectivity index (χ1) is 11.1. The molecular formula is C15H21N5O2S. The number of nitrogen functional groups attached to an aromatic ring is 1. The number of carbonyl (C=O) groups is 1. The SMILES string of the molecule is C[C@@H]1CCC[C@@H](C)N1C(=O)CSc1nnc(-c2ccco2)n1N. The molecule has 0 spiro atoms. The molecule has 1 saturated heterocycles. The van der Waals surface area contributed by atoms with Gasteiger partial charge >= 0.3 is 0 Å². The number of hydrogen-bond acceptors (Lipinski definition) is 6. The molecule has 0 saturated carbocycles. The van der Waals surface area contributed by atoms with E-state index in [1.54, 1.807) is 18.4 Å². The highest BCUT2D eigenvalue weighted by atomic mass is 32.2. The summed E-state index contributed by atoms with van der Waals surface area (Å²) in [4.78, 5) is 14.5. The molecule has 0 radical (unpaired) electrons. The molecule has 1 aliphatic heterocycles. The first-order valence-corrected chi connectivity index (χ1v) is 8.75. The molecule has 3 rings (SSSR count). The summed E-state index contributed by atoms with van der Waals surface area (Å²) in [7, 11) is 0. The Morgan fingerprint density at radius 3 is 2.78 bits per heavy atom. The minimum atomic E-state index is 0.122. The summed E-state index contributed by atoms with van der Waals surface area (Å²) in [6.07, 6.45) is 4.87. The highest BCUT2D eigenvalue weighted by Gasteiger charge is 2.29. The van der Waals surface area contributed by atoms with Gasteiger partial charge in [-0.25, -0.2) is 4.68 Å². The Bertz CT molecular complexity index is 659. The molecule has 2 aromatic rings. The van der Waals surface area contributed by atoms with E-state index >= 15 is 0 Å². The maximum atomic E-state index is 12.5. The van der Waals surface area contributed by atoms with E-state index in [4.69, 9.17) is 10.3 Å². The van der Waals surface area contributed by atoms with Gasteiger partial charge in [-0.2, -0.15) is 0 Å². The molecule has 8 heteroatoms. The predicted octanol–water partition coefficient (Wildman–Crippen LogP) is 2.13. The standard InChI is InChI=1S/C15H21N5O2S/c1-10-5-3-6-11(2)19(10)13(21)9-23-15-18-17-14(20(15)16)12-7-4-8-22-12/h4,7-8,10-11H,3,5-6,9,16H2,1-2H3/t10-,11-/m1/s1. The van der Waals surface area contributed by atoms with Crippen LogP contribution in [0.3, 0.4) is 0 Å². The fraction of sp³-hybridized carbons (Fsp3) is 0.533. The second kappa shape index (κ2) is 6.66. The second-order valence-electron chi connectivity index (χ2n) is 5.87. The highest BCUT2D eigenvalue weighted by molar-refractivity contribution is 7.99. The van der Waals surface area contributed by atoms with Gasteiger partial charge in [0.1, 0.15) is 0 Å². The van der Waals surface area contributed by atoms with E-state index in [0.29, 0.717) is 34.6 Å². The van der Waals surface area contributed by atoms with Crippen molar-refractivity contribution < 1.29 is 9.21 Å². The molecule has 3 heterocycles. The number of rotatable bonds is 4. The van der Waals surface area contributed by atoms with Gasteiger partial charge in [0.2, 0.25) is 16.9 Å². The molecule has 1 fully saturated rings. The van der Waals surface area contributed by atoms with Gasteiger partial charge in [-0.1, -0.05) is 11.8 Å². The fourth-order valence-corrected chi connectivity index (χ4v) is 3.79. The number of thioether (sulfide) groups is 1. The molecule has 2 atom stereocenters. The number of furan rings is 1. The maximum Gasteiger partial charge on any atom is 0.233 e. The van der Waals surface area contributed by atoms with Crippen molar-refractivity contribution in [3.8, 4) is 11.6 Å². The van der Waals surface area contributed by atoms with Crippen molar-refractivity contribution in [2.45, 2.75) is 50.4 Å². The van der Waals surface area contributed by atoms with Crippen LogP contribution in [0.15, 0.2) is 28.0 Å². The van der Waals surface area contributed by atoms with Crippen LogP contribution in [0, 0.1) is 0 Å². The number of nitrogens with two attached hydrogens (primary N) is 1. The maximum absolute atomic E-state index is 12.5. The summed E-state index contributed by atoms with van der Waals surface area (Å²) in [5, 5.41) is 8.58. The van der Waals surface area contributed by atoms with E-state index in [2.05, 4.69) is 24.0 Å². The summed E-state index contributed by atoms with van der Waals surface area (Å²) in [5.74, 6) is 7.43. The monoisotopic (exact) mass is 335 g/mol. The van der Waals surface area contributed by atoms with Crippen LogP contribution in [-0.4, -0.2) is 43.5 Å². The molecule has 2 N–H and O–H groups in total.